The van der Waals surface area contributed by atoms with Crippen molar-refractivity contribution in [2.45, 2.75) is 27.7 Å². The highest BCUT2D eigenvalue weighted by Crippen LogP contribution is 2.21. The molecule has 1 aromatic carbocycles. The Kier molecular flexibility index (Phi) is 6.09. The van der Waals surface area contributed by atoms with E-state index in [1.165, 1.54) is 22.3 Å². The van der Waals surface area contributed by atoms with E-state index in [-0.39, 0.29) is 18.4 Å². The molecule has 0 saturated carbocycles. The lowest BCUT2D eigenvalue weighted by Crippen LogP contribution is -2.34. The van der Waals surface area contributed by atoms with Crippen LogP contribution >= 0.6 is 11.3 Å². The SMILES string of the molecule is Cc1cc(C)c(NC(=O)CN(C)C(=O)/C=C/c2csc(C)n2)c(C)c1. The van der Waals surface area contributed by atoms with Crippen LogP contribution in [-0.4, -0.2) is 35.3 Å². The van der Waals surface area contributed by atoms with Crippen molar-refractivity contribution in [3.63, 3.8) is 0 Å². The Morgan fingerprint density at radius 1 is 1.20 bits per heavy atom. The number of nitrogens with zero attached hydrogens (tertiary/aromatic N) is 2. The summed E-state index contributed by atoms with van der Waals surface area (Å²) in [6.45, 7) is 7.85. The van der Waals surface area contributed by atoms with Gasteiger partial charge in [-0.2, -0.15) is 0 Å². The van der Waals surface area contributed by atoms with Crippen molar-refractivity contribution in [2.75, 3.05) is 18.9 Å². The molecule has 0 aliphatic heterocycles. The molecular formula is C19H23N3O2S. The summed E-state index contributed by atoms with van der Waals surface area (Å²) in [5.74, 6) is -0.457. The zero-order chi connectivity index (χ0) is 18.6. The fraction of sp³-hybridized carbons (Fsp3) is 0.316. The minimum absolute atomic E-state index is 0.00791. The normalized spacial score (nSPS) is 10.9. The first-order valence-electron chi connectivity index (χ1n) is 7.99. The number of nitrogens with one attached hydrogen (secondary N) is 1. The summed E-state index contributed by atoms with van der Waals surface area (Å²) in [7, 11) is 1.60. The number of amides is 2. The second kappa shape index (κ2) is 8.07. The van der Waals surface area contributed by atoms with Gasteiger partial charge in [0.25, 0.3) is 0 Å². The van der Waals surface area contributed by atoms with E-state index in [2.05, 4.69) is 10.3 Å². The third kappa shape index (κ3) is 5.26. The van der Waals surface area contributed by atoms with E-state index in [0.29, 0.717) is 0 Å². The van der Waals surface area contributed by atoms with Gasteiger partial charge >= 0.3 is 0 Å². The van der Waals surface area contributed by atoms with Crippen molar-refractivity contribution in [1.82, 2.24) is 9.88 Å². The number of carbonyl (C=O) groups excluding carboxylic acids is 2. The van der Waals surface area contributed by atoms with Gasteiger partial charge in [0, 0.05) is 24.2 Å². The van der Waals surface area contributed by atoms with E-state index in [9.17, 15) is 9.59 Å². The van der Waals surface area contributed by atoms with Crippen molar-refractivity contribution >= 4 is 34.9 Å². The van der Waals surface area contributed by atoms with E-state index in [1.54, 1.807) is 13.1 Å². The summed E-state index contributed by atoms with van der Waals surface area (Å²) in [6, 6.07) is 4.05. The van der Waals surface area contributed by atoms with Gasteiger partial charge < -0.3 is 10.2 Å². The second-order valence-electron chi connectivity index (χ2n) is 6.14. The molecule has 0 bridgehead atoms. The third-order valence-electron chi connectivity index (χ3n) is 3.73. The molecule has 0 spiro atoms. The second-order valence-corrected chi connectivity index (χ2v) is 7.20. The quantitative estimate of drug-likeness (QED) is 0.833. The summed E-state index contributed by atoms with van der Waals surface area (Å²) < 4.78 is 0. The van der Waals surface area contributed by atoms with Gasteiger partial charge in [0.15, 0.2) is 0 Å². The lowest BCUT2D eigenvalue weighted by atomic mass is 10.1. The fourth-order valence-electron chi connectivity index (χ4n) is 2.59. The topological polar surface area (TPSA) is 62.3 Å². The minimum Gasteiger partial charge on any atom is -0.333 e. The van der Waals surface area contributed by atoms with Crippen molar-refractivity contribution in [3.8, 4) is 0 Å². The highest BCUT2D eigenvalue weighted by atomic mass is 32.1. The molecule has 0 saturated heterocycles. The number of rotatable bonds is 5. The number of hydrogen-bond donors (Lipinski definition) is 1. The molecule has 0 aliphatic carbocycles. The minimum atomic E-state index is -0.238. The standard InChI is InChI=1S/C19H23N3O2S/c1-12-8-13(2)19(14(3)9-12)21-17(23)10-22(5)18(24)7-6-16-11-25-15(4)20-16/h6-9,11H,10H2,1-5H3,(H,21,23)/b7-6+. The average molecular weight is 357 g/mol. The number of anilines is 1. The Bertz CT molecular complexity index is 801. The van der Waals surface area contributed by atoms with E-state index in [0.717, 1.165) is 33.1 Å². The highest BCUT2D eigenvalue weighted by molar-refractivity contribution is 7.09. The number of benzene rings is 1. The van der Waals surface area contributed by atoms with Crippen molar-refractivity contribution in [1.29, 1.82) is 0 Å². The van der Waals surface area contributed by atoms with Crippen molar-refractivity contribution in [2.24, 2.45) is 0 Å². The number of likely N-dealkylation sites (N-methyl/N-ethyl adjacent to an activating group) is 1. The number of aromatic nitrogens is 1. The highest BCUT2D eigenvalue weighted by Gasteiger charge is 2.13. The first kappa shape index (κ1) is 18.9. The Morgan fingerprint density at radius 2 is 1.84 bits per heavy atom. The number of thiazole rings is 1. The van der Waals surface area contributed by atoms with Crippen LogP contribution in [0.3, 0.4) is 0 Å². The van der Waals surface area contributed by atoms with Gasteiger partial charge in [-0.05, 0) is 44.9 Å². The van der Waals surface area contributed by atoms with E-state index < -0.39 is 0 Å². The third-order valence-corrected chi connectivity index (χ3v) is 4.52. The molecule has 2 amide bonds. The first-order valence-corrected chi connectivity index (χ1v) is 8.87. The lowest BCUT2D eigenvalue weighted by molar-refractivity contribution is -0.129. The molecule has 2 rings (SSSR count). The lowest BCUT2D eigenvalue weighted by Gasteiger charge is -2.17. The van der Waals surface area contributed by atoms with Crippen LogP contribution < -0.4 is 5.32 Å². The van der Waals surface area contributed by atoms with Crippen LogP contribution in [0, 0.1) is 27.7 Å². The smallest absolute Gasteiger partial charge is 0.246 e. The van der Waals surface area contributed by atoms with Crippen LogP contribution in [0.5, 0.6) is 0 Å². The monoisotopic (exact) mass is 357 g/mol. The molecule has 132 valence electrons. The van der Waals surface area contributed by atoms with Crippen LogP contribution in [0.4, 0.5) is 5.69 Å². The van der Waals surface area contributed by atoms with Crippen molar-refractivity contribution < 1.29 is 9.59 Å². The molecule has 1 heterocycles. The van der Waals surface area contributed by atoms with Gasteiger partial charge in [0.05, 0.1) is 17.2 Å². The molecular weight excluding hydrogens is 334 g/mol. The van der Waals surface area contributed by atoms with Crippen LogP contribution in [0.15, 0.2) is 23.6 Å². The van der Waals surface area contributed by atoms with E-state index in [1.807, 2.05) is 45.2 Å². The molecule has 1 aromatic heterocycles. The van der Waals surface area contributed by atoms with Gasteiger partial charge in [-0.25, -0.2) is 4.98 Å². The first-order chi connectivity index (χ1) is 11.8. The van der Waals surface area contributed by atoms with Crippen molar-refractivity contribution in [3.05, 3.63) is 51.0 Å². The predicted octanol–water partition coefficient (Wildman–Crippen LogP) is 3.49. The van der Waals surface area contributed by atoms with Gasteiger partial charge in [0.1, 0.15) is 0 Å². The van der Waals surface area contributed by atoms with Crippen LogP contribution in [0.1, 0.15) is 27.4 Å². The van der Waals surface area contributed by atoms with Gasteiger partial charge in [-0.3, -0.25) is 9.59 Å². The molecule has 1 N–H and O–H groups in total. The number of hydrogen-bond acceptors (Lipinski definition) is 4. The zero-order valence-electron chi connectivity index (χ0n) is 15.2. The Labute approximate surface area is 152 Å². The average Bonchev–Trinajstić information content (AvgIpc) is 2.94. The van der Waals surface area contributed by atoms with Gasteiger partial charge in [-0.15, -0.1) is 11.3 Å². The summed E-state index contributed by atoms with van der Waals surface area (Å²) in [5, 5.41) is 5.73. The van der Waals surface area contributed by atoms with Crippen LogP contribution in [-0.2, 0) is 9.59 Å². The van der Waals surface area contributed by atoms with Crippen LogP contribution in [0.25, 0.3) is 6.08 Å². The summed E-state index contributed by atoms with van der Waals surface area (Å²) in [4.78, 5) is 30.0. The number of carbonyl (C=O) groups is 2. The molecule has 6 heteroatoms. The molecule has 0 atom stereocenters. The van der Waals surface area contributed by atoms with E-state index >= 15 is 0 Å². The molecule has 5 nitrogen and oxygen atoms in total. The Morgan fingerprint density at radius 3 is 2.40 bits per heavy atom. The summed E-state index contributed by atoms with van der Waals surface area (Å²) >= 11 is 1.53. The van der Waals surface area contributed by atoms with Gasteiger partial charge in [0.2, 0.25) is 11.8 Å². The Balaban J connectivity index is 1.95. The zero-order valence-corrected chi connectivity index (χ0v) is 16.0. The molecule has 0 fully saturated rings. The maximum absolute atomic E-state index is 12.3. The molecule has 0 aliphatic rings. The maximum Gasteiger partial charge on any atom is 0.246 e. The molecule has 25 heavy (non-hydrogen) atoms. The Hall–Kier alpha value is -2.47. The van der Waals surface area contributed by atoms with E-state index in [4.69, 9.17) is 0 Å². The summed E-state index contributed by atoms with van der Waals surface area (Å²) in [5.41, 5.74) is 4.74. The van der Waals surface area contributed by atoms with Gasteiger partial charge in [-0.1, -0.05) is 17.7 Å². The van der Waals surface area contributed by atoms with Crippen LogP contribution in [0.2, 0.25) is 0 Å². The summed E-state index contributed by atoms with van der Waals surface area (Å²) in [6.07, 6.45) is 3.10. The largest absolute Gasteiger partial charge is 0.333 e. The predicted molar refractivity (Wildman–Crippen MR) is 103 cm³/mol. The number of aryl methyl sites for hydroxylation is 4. The molecule has 0 radical (unpaired) electrons. The fourth-order valence-corrected chi connectivity index (χ4v) is 3.17. The maximum atomic E-state index is 12.3. The molecule has 0 unspecified atom stereocenters. The molecule has 2 aromatic rings.